The maximum absolute atomic E-state index is 12.5. The van der Waals surface area contributed by atoms with Crippen molar-refractivity contribution in [3.63, 3.8) is 0 Å². The van der Waals surface area contributed by atoms with Gasteiger partial charge in [-0.3, -0.25) is 54.2 Å². The van der Waals surface area contributed by atoms with E-state index < -0.39 is 93.0 Å². The Balaban J connectivity index is 0.000000254. The van der Waals surface area contributed by atoms with Gasteiger partial charge in [0.2, 0.25) is 0 Å². The Morgan fingerprint density at radius 1 is 0.459 bits per heavy atom. The summed E-state index contributed by atoms with van der Waals surface area (Å²) in [4.78, 5) is 143. The van der Waals surface area contributed by atoms with E-state index in [-0.39, 0.29) is 79.6 Å². The van der Waals surface area contributed by atoms with Gasteiger partial charge in [0.1, 0.15) is 55.8 Å². The number of terminal acetylenes is 2. The quantitative estimate of drug-likeness (QED) is 0.00634. The number of carbonyl (C=O) groups is 10. The predicted molar refractivity (Wildman–Crippen MR) is 501 cm³/mol. The van der Waals surface area contributed by atoms with Crippen LogP contribution in [0.5, 0.6) is 0 Å². The highest BCUT2D eigenvalue weighted by Gasteiger charge is 2.33. The normalized spacial score (nSPS) is 11.4. The van der Waals surface area contributed by atoms with Crippen LogP contribution in [0.25, 0.3) is 22.3 Å². The highest BCUT2D eigenvalue weighted by atomic mass is 127. The maximum atomic E-state index is 12.5. The standard InChI is InChI=1S/C25H30N2O6.C21H24N2O5.C20H16N4O5.C16H15NO3.C11H6O2.C6H4INO2/c1-25(2,3)33-23(29)26-13-21(22(28)15-31-4)27-24(30)32-14-20-18-11-7-5-9-16(18)17-10-6-8-12-19(17)20;1-6-7-8-15-9-11-16(12-10-15)19(25)23-17(18(24)14-27-5)13-22-20(26)28-21(2,3)4;21-13-18(20(26)23-27)22-19(25)16-10-8-14(9-11-16)4-1-2-5-15-6-3-7-17(12-15)24(28)29;1-19-17-16(18)20-10-15-13-8-4-2-6-11(13)12-7-3-5-9-14(12)15;1-2-3-4-9-5-7-10(8-6-9)11(12)13;7-5-2-1-3-6(4-5)8(9)10/h5-12,20-21H,13-15H2,1-4H3,(H,26,29)(H,27,30);1,9-12,17H,13-14H2,2-5H3,(H,22,26)(H,23,25);3,6-12,18,27H,13,21H2,(H,22,25)(H,23,26);2-9,15H,10H2,1H3,(H,17,18);1,5-8H,(H,12,13);1-4H/t21-;17-;18-;;;/m000.../s1. The van der Waals surface area contributed by atoms with Crippen molar-refractivity contribution in [3.05, 3.63) is 303 Å². The molecule has 34 heteroatoms. The number of carboxylic acids is 1. The minimum absolute atomic E-state index is 0.0491. The molecule has 0 saturated heterocycles. The first kappa shape index (κ1) is 106. The Labute approximate surface area is 781 Å². The molecular formula is C99H95IN10O23. The molecule has 0 spiro atoms. The van der Waals surface area contributed by atoms with Gasteiger partial charge in [-0.15, -0.1) is 12.8 Å². The van der Waals surface area contributed by atoms with Gasteiger partial charge >= 0.3 is 30.3 Å². The lowest BCUT2D eigenvalue weighted by Crippen LogP contribution is -2.50. The van der Waals surface area contributed by atoms with Gasteiger partial charge in [-0.2, -0.15) is 5.48 Å². The van der Waals surface area contributed by atoms with Crippen molar-refractivity contribution >= 4 is 93.6 Å². The molecule has 9 aromatic rings. The van der Waals surface area contributed by atoms with Gasteiger partial charge in [0, 0.05) is 107 Å². The number of carbonyl (C=O) groups excluding carboxylic acids is 9. The van der Waals surface area contributed by atoms with Crippen LogP contribution < -0.4 is 43.3 Å². The second kappa shape index (κ2) is 54.3. The van der Waals surface area contributed by atoms with Crippen LogP contribution in [0.1, 0.15) is 129 Å². The molecule has 0 unspecified atom stereocenters. The monoisotopic (exact) mass is 1920 g/mol. The van der Waals surface area contributed by atoms with Crippen LogP contribution in [0.15, 0.2) is 218 Å². The molecule has 2 aliphatic carbocycles. The van der Waals surface area contributed by atoms with Crippen molar-refractivity contribution in [2.45, 2.75) is 82.7 Å². The molecule has 11 N–H and O–H groups in total. The lowest BCUT2D eigenvalue weighted by molar-refractivity contribution is -0.385. The molecule has 0 heterocycles. The number of nitrogens with one attached hydrogen (secondary N) is 7. The summed E-state index contributed by atoms with van der Waals surface area (Å²) in [5.74, 6) is 21.9. The number of nitrogens with two attached hydrogens (primary N) is 1. The molecule has 2 aliphatic rings. The maximum Gasteiger partial charge on any atom is 0.431 e. The summed E-state index contributed by atoms with van der Waals surface area (Å²) in [6, 6.07) is 60.6. The first-order valence-electron chi connectivity index (χ1n) is 40.2. The van der Waals surface area contributed by atoms with Crippen molar-refractivity contribution in [3.8, 4) is 94.3 Å². The Hall–Kier alpha value is -16.0. The summed E-state index contributed by atoms with van der Waals surface area (Å²) in [5, 5.41) is 50.6. The van der Waals surface area contributed by atoms with E-state index >= 15 is 0 Å². The first-order valence-corrected chi connectivity index (χ1v) is 41.2. The third-order valence-electron chi connectivity index (χ3n) is 18.0. The molecule has 0 saturated carbocycles. The average Bonchev–Trinajstić information content (AvgIpc) is 1.62. The Morgan fingerprint density at radius 3 is 1.17 bits per heavy atom. The number of fused-ring (bicyclic) bond motifs is 6. The van der Waals surface area contributed by atoms with E-state index in [9.17, 15) is 68.2 Å². The number of nitro groups is 2. The second-order valence-corrected chi connectivity index (χ2v) is 31.1. The van der Waals surface area contributed by atoms with Crippen LogP contribution in [0.2, 0.25) is 0 Å². The van der Waals surface area contributed by atoms with Gasteiger partial charge in [-0.1, -0.05) is 133 Å². The minimum Gasteiger partial charge on any atom is -0.478 e. The average molecular weight is 1920 g/mol. The molecule has 133 heavy (non-hydrogen) atoms. The fourth-order valence-corrected chi connectivity index (χ4v) is 12.6. The number of hydrogen-bond donors (Lipinski definition) is 10. The van der Waals surface area contributed by atoms with E-state index in [1.165, 1.54) is 97.6 Å². The highest BCUT2D eigenvalue weighted by Crippen LogP contribution is 2.46. The summed E-state index contributed by atoms with van der Waals surface area (Å²) in [6.45, 7) is 9.89. The van der Waals surface area contributed by atoms with E-state index in [0.717, 1.165) is 25.8 Å². The summed E-state index contributed by atoms with van der Waals surface area (Å²) >= 11 is 2.03. The molecule has 9 aromatic carbocycles. The van der Waals surface area contributed by atoms with Gasteiger partial charge in [0.25, 0.3) is 29.1 Å². The number of rotatable bonds is 25. The number of ether oxygens (including phenoxy) is 6. The Morgan fingerprint density at radius 2 is 0.820 bits per heavy atom. The predicted octanol–water partition coefficient (Wildman–Crippen LogP) is 12.4. The van der Waals surface area contributed by atoms with E-state index in [2.05, 4.69) is 133 Å². The summed E-state index contributed by atoms with van der Waals surface area (Å²) in [6.07, 6.45) is 7.31. The second-order valence-electron chi connectivity index (χ2n) is 29.9. The van der Waals surface area contributed by atoms with Gasteiger partial charge in [-0.05, 0) is 229 Å². The summed E-state index contributed by atoms with van der Waals surface area (Å²) < 4.78 is 31.6. The fraction of sp³-hybridized carbons (Fsp3) is 0.232. The first-order chi connectivity index (χ1) is 63.5. The molecule has 0 fully saturated rings. The number of amides is 7. The molecule has 0 aromatic heterocycles. The van der Waals surface area contributed by atoms with Crippen molar-refractivity contribution in [2.24, 2.45) is 5.73 Å². The number of benzene rings is 9. The third kappa shape index (κ3) is 36.2. The summed E-state index contributed by atoms with van der Waals surface area (Å²) in [5.41, 5.74) is 20.2. The molecule has 0 bridgehead atoms. The van der Waals surface area contributed by atoms with Crippen LogP contribution in [0, 0.1) is 95.8 Å². The minimum atomic E-state index is -1.06. The topological polar surface area (TPSA) is 472 Å². The lowest BCUT2D eigenvalue weighted by Gasteiger charge is -2.22. The number of alkyl carbamates (subject to hydrolysis) is 3. The molecule has 0 radical (unpaired) electrons. The van der Waals surface area contributed by atoms with E-state index in [0.29, 0.717) is 34.4 Å². The molecule has 7 amide bonds. The zero-order valence-corrected chi connectivity index (χ0v) is 75.8. The molecule has 0 aliphatic heterocycles. The number of hydrogen-bond acceptors (Lipinski definition) is 23. The molecule has 33 nitrogen and oxygen atoms in total. The summed E-state index contributed by atoms with van der Waals surface area (Å²) in [7, 11) is 4.12. The zero-order chi connectivity index (χ0) is 97.6. The Bertz CT molecular complexity index is 5900. The van der Waals surface area contributed by atoms with Gasteiger partial charge in [-0.25, -0.2) is 29.5 Å². The number of halogens is 1. The highest BCUT2D eigenvalue weighted by molar-refractivity contribution is 14.1. The van der Waals surface area contributed by atoms with Gasteiger partial charge in [0.15, 0.2) is 11.6 Å². The third-order valence-corrected chi connectivity index (χ3v) is 18.7. The number of nitrogens with zero attached hydrogens (tertiary/aromatic N) is 2. The van der Waals surface area contributed by atoms with Crippen molar-refractivity contribution in [2.75, 3.05) is 67.4 Å². The van der Waals surface area contributed by atoms with Crippen molar-refractivity contribution < 1.29 is 101 Å². The number of aromatic carboxylic acids is 1. The number of carboxylic acid groups (broad SMARTS) is 1. The number of methoxy groups -OCH3 is 2. The SMILES string of the molecule is C#CC#Cc1ccc(C(=O)N[C@@H](CNC(=O)OC(C)(C)C)C(=O)COC)cc1.C#CC#Cc1ccc(C(=O)O)cc1.COCC(=O)[C@H](CNC(=O)OC(C)(C)C)NC(=O)OCC1c2ccccc2-c2ccccc21.CONC(=O)OCC1c2ccccc2-c2ccccc21.NC[C@H](NC(=O)c1ccc(C#CC#Cc2cccc([N+](=O)[O-])c2)cc1)C(=O)NO.O=[N+]([O-])c1cccc(I)c1. The van der Waals surface area contributed by atoms with Crippen LogP contribution in [0.4, 0.5) is 30.6 Å². The smallest absolute Gasteiger partial charge is 0.431 e. The van der Waals surface area contributed by atoms with Crippen LogP contribution >= 0.6 is 22.6 Å². The molecule has 686 valence electrons. The molecule has 3 atom stereocenters. The number of non-ortho nitro benzene ring substituents is 2. The lowest BCUT2D eigenvalue weighted by atomic mass is 9.98. The number of hydroxylamine groups is 2. The molecular weight excluding hydrogens is 1820 g/mol. The number of nitro benzene ring substituents is 2. The van der Waals surface area contributed by atoms with Crippen molar-refractivity contribution in [1.29, 1.82) is 0 Å². The number of ketones is 2. The van der Waals surface area contributed by atoms with Crippen LogP contribution in [0.3, 0.4) is 0 Å². The van der Waals surface area contributed by atoms with Crippen LogP contribution in [-0.2, 0) is 47.6 Å². The fourth-order valence-electron chi connectivity index (χ4n) is 12.1. The number of Topliss-reactive ketones (excluding diaryl/α,β-unsaturated/α-hetero) is 2. The van der Waals surface area contributed by atoms with E-state index in [4.69, 9.17) is 57.3 Å². The van der Waals surface area contributed by atoms with Gasteiger partial charge in [0.05, 0.1) is 22.5 Å². The molecule has 11 rings (SSSR count). The van der Waals surface area contributed by atoms with E-state index in [1.807, 2.05) is 89.3 Å². The van der Waals surface area contributed by atoms with Crippen LogP contribution in [-0.4, -0.2) is 177 Å². The zero-order valence-electron chi connectivity index (χ0n) is 73.6. The largest absolute Gasteiger partial charge is 0.478 e. The van der Waals surface area contributed by atoms with E-state index in [1.54, 1.807) is 108 Å². The van der Waals surface area contributed by atoms with Gasteiger partial charge < -0.3 is 65.8 Å². The Kier molecular flexibility index (Phi) is 43.2. The van der Waals surface area contributed by atoms with Crippen molar-refractivity contribution in [1.82, 2.24) is 37.5 Å².